The van der Waals surface area contributed by atoms with Gasteiger partial charge in [0.2, 0.25) is 5.91 Å². The summed E-state index contributed by atoms with van der Waals surface area (Å²) < 4.78 is 14.9. The molecule has 0 fully saturated rings. The first kappa shape index (κ1) is 21.3. The van der Waals surface area contributed by atoms with E-state index < -0.39 is 11.1 Å². The Morgan fingerprint density at radius 3 is 2.68 bits per heavy atom. The Hall–Kier alpha value is -2.97. The van der Waals surface area contributed by atoms with Crippen molar-refractivity contribution in [3.63, 3.8) is 0 Å². The van der Waals surface area contributed by atoms with Crippen LogP contribution in [0.1, 0.15) is 11.8 Å². The molecule has 0 bridgehead atoms. The van der Waals surface area contributed by atoms with Gasteiger partial charge in [0, 0.05) is 11.4 Å². The van der Waals surface area contributed by atoms with Gasteiger partial charge >= 0.3 is 0 Å². The van der Waals surface area contributed by atoms with Crippen LogP contribution in [0.3, 0.4) is 0 Å². The monoisotopic (exact) mass is 453 g/mol. The molecule has 0 saturated heterocycles. The first-order valence-corrected chi connectivity index (χ1v) is 11.5. The average Bonchev–Trinajstić information content (AvgIpc) is 3.28. The number of hydrogen-bond acceptors (Lipinski definition) is 5. The van der Waals surface area contributed by atoms with Crippen molar-refractivity contribution >= 4 is 39.9 Å². The number of benzene rings is 2. The zero-order valence-corrected chi connectivity index (χ0v) is 18.4. The fraction of sp³-hybridized carbons (Fsp3) is 0.174. The summed E-state index contributed by atoms with van der Waals surface area (Å²) in [5.74, 6) is -0.521. The Bertz CT molecular complexity index is 1250. The number of aromatic nitrogens is 2. The van der Waals surface area contributed by atoms with Gasteiger partial charge in [-0.2, -0.15) is 0 Å². The molecule has 0 aliphatic carbocycles. The molecule has 0 radical (unpaired) electrons. The van der Waals surface area contributed by atoms with E-state index in [1.807, 2.05) is 23.6 Å². The van der Waals surface area contributed by atoms with E-state index in [4.69, 9.17) is 0 Å². The molecule has 2 aromatic carbocycles. The van der Waals surface area contributed by atoms with Gasteiger partial charge in [-0.25, -0.2) is 9.37 Å². The minimum atomic E-state index is -0.469. The van der Waals surface area contributed by atoms with Crippen LogP contribution in [0.15, 0.2) is 76.0 Å². The molecule has 0 saturated carbocycles. The highest BCUT2D eigenvalue weighted by Crippen LogP contribution is 2.25. The normalized spacial score (nSPS) is 12.1. The first-order chi connectivity index (χ1) is 15.0. The van der Waals surface area contributed by atoms with E-state index >= 15 is 0 Å². The largest absolute Gasteiger partial charge is 0.355 e. The van der Waals surface area contributed by atoms with Crippen LogP contribution in [0, 0.1) is 5.82 Å². The molecule has 1 atom stereocenters. The second kappa shape index (κ2) is 9.45. The molecule has 1 N–H and O–H groups in total. The van der Waals surface area contributed by atoms with Crippen molar-refractivity contribution in [2.75, 3.05) is 6.54 Å². The van der Waals surface area contributed by atoms with E-state index in [0.29, 0.717) is 28.3 Å². The number of amides is 1. The van der Waals surface area contributed by atoms with E-state index in [-0.39, 0.29) is 11.5 Å². The van der Waals surface area contributed by atoms with Crippen LogP contribution in [-0.4, -0.2) is 27.3 Å². The second-order valence-corrected chi connectivity index (χ2v) is 9.25. The summed E-state index contributed by atoms with van der Waals surface area (Å²) in [6.07, 6.45) is 0.773. The topological polar surface area (TPSA) is 64.0 Å². The summed E-state index contributed by atoms with van der Waals surface area (Å²) in [4.78, 5) is 31.7. The van der Waals surface area contributed by atoms with Crippen LogP contribution < -0.4 is 10.9 Å². The Morgan fingerprint density at radius 1 is 1.16 bits per heavy atom. The quantitative estimate of drug-likeness (QED) is 0.332. The van der Waals surface area contributed by atoms with Gasteiger partial charge in [-0.05, 0) is 61.2 Å². The van der Waals surface area contributed by atoms with Crippen LogP contribution in [-0.2, 0) is 11.2 Å². The van der Waals surface area contributed by atoms with Gasteiger partial charge < -0.3 is 5.32 Å². The van der Waals surface area contributed by atoms with E-state index in [1.54, 1.807) is 36.5 Å². The third kappa shape index (κ3) is 4.86. The Labute approximate surface area is 187 Å². The number of halogens is 1. The molecule has 0 aliphatic heterocycles. The molecule has 0 aliphatic rings. The lowest BCUT2D eigenvalue weighted by Crippen LogP contribution is -2.33. The maximum atomic E-state index is 13.4. The lowest BCUT2D eigenvalue weighted by Gasteiger charge is -2.16. The van der Waals surface area contributed by atoms with Crippen molar-refractivity contribution in [1.82, 2.24) is 14.9 Å². The van der Waals surface area contributed by atoms with Crippen molar-refractivity contribution < 1.29 is 9.18 Å². The number of thiophene rings is 1. The van der Waals surface area contributed by atoms with Gasteiger partial charge in [0.05, 0.1) is 21.8 Å². The van der Waals surface area contributed by atoms with E-state index in [1.165, 1.54) is 45.5 Å². The number of carbonyl (C=O) groups excluding carboxylic acids is 1. The molecule has 0 spiro atoms. The van der Waals surface area contributed by atoms with Crippen molar-refractivity contribution in [2.45, 2.75) is 23.8 Å². The van der Waals surface area contributed by atoms with E-state index in [2.05, 4.69) is 10.3 Å². The Balaban J connectivity index is 1.61. The highest BCUT2D eigenvalue weighted by molar-refractivity contribution is 8.00. The van der Waals surface area contributed by atoms with E-state index in [9.17, 15) is 14.0 Å². The van der Waals surface area contributed by atoms with Gasteiger partial charge in [0.25, 0.3) is 5.56 Å². The predicted octanol–water partition coefficient (Wildman–Crippen LogP) is 4.43. The van der Waals surface area contributed by atoms with E-state index in [0.717, 1.165) is 6.42 Å². The second-order valence-electron chi connectivity index (χ2n) is 6.91. The maximum absolute atomic E-state index is 13.4. The Morgan fingerprint density at radius 2 is 1.94 bits per heavy atom. The maximum Gasteiger partial charge on any atom is 0.266 e. The fourth-order valence-corrected chi connectivity index (χ4v) is 4.79. The first-order valence-electron chi connectivity index (χ1n) is 9.77. The zero-order valence-electron chi connectivity index (χ0n) is 16.7. The molecule has 8 heteroatoms. The summed E-state index contributed by atoms with van der Waals surface area (Å²) in [6.45, 7) is 2.32. The van der Waals surface area contributed by atoms with Crippen LogP contribution in [0.2, 0.25) is 0 Å². The molecule has 2 aromatic heterocycles. The fourth-order valence-electron chi connectivity index (χ4n) is 3.13. The van der Waals surface area contributed by atoms with Crippen molar-refractivity contribution in [3.8, 4) is 5.69 Å². The number of nitrogens with zero attached hydrogens (tertiary/aromatic N) is 2. The molecule has 158 valence electrons. The highest BCUT2D eigenvalue weighted by Gasteiger charge is 2.20. The zero-order chi connectivity index (χ0) is 21.8. The molecule has 5 nitrogen and oxygen atoms in total. The number of carbonyl (C=O) groups is 1. The predicted molar refractivity (Wildman–Crippen MR) is 124 cm³/mol. The molecular weight excluding hydrogens is 433 g/mol. The third-order valence-electron chi connectivity index (χ3n) is 4.73. The Kier molecular flexibility index (Phi) is 6.48. The van der Waals surface area contributed by atoms with Crippen molar-refractivity contribution in [3.05, 3.63) is 87.1 Å². The van der Waals surface area contributed by atoms with Crippen LogP contribution in [0.4, 0.5) is 4.39 Å². The smallest absolute Gasteiger partial charge is 0.266 e. The van der Waals surface area contributed by atoms with Crippen LogP contribution in [0.25, 0.3) is 16.6 Å². The summed E-state index contributed by atoms with van der Waals surface area (Å²) >= 11 is 2.86. The standard InChI is InChI=1S/C23H20FN3O2S2/c1-15(21(28)25-13-12-18-5-4-14-30-18)31-23-26-20-7-3-2-6-19(20)22(29)27(23)17-10-8-16(24)9-11-17/h2-11,14-15H,12-13H2,1H3,(H,25,28). The molecule has 1 unspecified atom stereocenters. The van der Waals surface area contributed by atoms with Gasteiger partial charge in [0.1, 0.15) is 5.82 Å². The highest BCUT2D eigenvalue weighted by atomic mass is 32.2. The average molecular weight is 454 g/mol. The summed E-state index contributed by atoms with van der Waals surface area (Å²) in [5.41, 5.74) is 0.793. The minimum Gasteiger partial charge on any atom is -0.355 e. The van der Waals surface area contributed by atoms with Gasteiger partial charge in [0.15, 0.2) is 5.16 Å². The number of rotatable bonds is 7. The summed E-state index contributed by atoms with van der Waals surface area (Å²) in [7, 11) is 0. The number of nitrogens with one attached hydrogen (secondary N) is 1. The van der Waals surface area contributed by atoms with Crippen molar-refractivity contribution in [2.24, 2.45) is 0 Å². The SMILES string of the molecule is CC(Sc1nc2ccccc2c(=O)n1-c1ccc(F)cc1)C(=O)NCCc1cccs1. The minimum absolute atomic E-state index is 0.130. The molecular formula is C23H20FN3O2S2. The van der Waals surface area contributed by atoms with Crippen LogP contribution in [0.5, 0.6) is 0 Å². The van der Waals surface area contributed by atoms with Crippen LogP contribution >= 0.6 is 23.1 Å². The molecule has 2 heterocycles. The third-order valence-corrected chi connectivity index (χ3v) is 6.72. The number of fused-ring (bicyclic) bond motifs is 1. The summed E-state index contributed by atoms with van der Waals surface area (Å²) in [5, 5.41) is 5.33. The number of thioether (sulfide) groups is 1. The van der Waals surface area contributed by atoms with Gasteiger partial charge in [-0.15, -0.1) is 11.3 Å². The molecule has 4 aromatic rings. The summed E-state index contributed by atoms with van der Waals surface area (Å²) in [6, 6.07) is 16.7. The molecule has 1 amide bonds. The van der Waals surface area contributed by atoms with Gasteiger partial charge in [-0.3, -0.25) is 14.2 Å². The molecule has 31 heavy (non-hydrogen) atoms. The lowest BCUT2D eigenvalue weighted by atomic mass is 10.2. The van der Waals surface area contributed by atoms with Gasteiger partial charge in [-0.1, -0.05) is 30.0 Å². The number of para-hydroxylation sites is 1. The lowest BCUT2D eigenvalue weighted by molar-refractivity contribution is -0.120. The molecule has 4 rings (SSSR count). The number of hydrogen-bond donors (Lipinski definition) is 1. The van der Waals surface area contributed by atoms with Crippen molar-refractivity contribution in [1.29, 1.82) is 0 Å².